The van der Waals surface area contributed by atoms with Gasteiger partial charge >= 0.3 is 0 Å². The Morgan fingerprint density at radius 1 is 1.17 bits per heavy atom. The molecule has 3 rings (SSSR count). The SMILES string of the molecule is O=S(=O)(CC1CCCCC1)NC(c1cccnc1)C1CCOCC1. The fourth-order valence-electron chi connectivity index (χ4n) is 3.95. The van der Waals surface area contributed by atoms with Gasteiger partial charge in [-0.15, -0.1) is 0 Å². The second-order valence-electron chi connectivity index (χ2n) is 7.12. The molecule has 1 aromatic heterocycles. The Balaban J connectivity index is 1.72. The van der Waals surface area contributed by atoms with Crippen molar-refractivity contribution in [3.8, 4) is 0 Å². The van der Waals surface area contributed by atoms with Crippen molar-refractivity contribution in [3.63, 3.8) is 0 Å². The molecule has 6 heteroatoms. The molecule has 2 fully saturated rings. The normalized spacial score (nSPS) is 22.3. The second kappa shape index (κ2) is 8.41. The van der Waals surface area contributed by atoms with E-state index in [-0.39, 0.29) is 17.7 Å². The maximum absolute atomic E-state index is 12.8. The summed E-state index contributed by atoms with van der Waals surface area (Å²) >= 11 is 0. The van der Waals surface area contributed by atoms with Crippen LogP contribution in [0.3, 0.4) is 0 Å². The monoisotopic (exact) mass is 352 g/mol. The first-order valence-corrected chi connectivity index (χ1v) is 10.8. The molecule has 0 aromatic carbocycles. The third-order valence-corrected chi connectivity index (χ3v) is 6.79. The lowest BCUT2D eigenvalue weighted by Gasteiger charge is -2.31. The molecular weight excluding hydrogens is 324 g/mol. The minimum Gasteiger partial charge on any atom is -0.381 e. The molecule has 2 aliphatic rings. The van der Waals surface area contributed by atoms with E-state index in [9.17, 15) is 8.42 Å². The molecule has 0 amide bonds. The van der Waals surface area contributed by atoms with Crippen molar-refractivity contribution in [2.45, 2.75) is 51.0 Å². The number of pyridine rings is 1. The highest BCUT2D eigenvalue weighted by atomic mass is 32.2. The smallest absolute Gasteiger partial charge is 0.212 e. The number of ether oxygens (including phenoxy) is 1. The predicted octanol–water partition coefficient (Wildman–Crippen LogP) is 3.05. The van der Waals surface area contributed by atoms with Crippen LogP contribution in [0.15, 0.2) is 24.5 Å². The summed E-state index contributed by atoms with van der Waals surface area (Å²) in [4.78, 5) is 4.18. The zero-order valence-corrected chi connectivity index (χ0v) is 15.0. The highest BCUT2D eigenvalue weighted by molar-refractivity contribution is 7.89. The summed E-state index contributed by atoms with van der Waals surface area (Å²) < 4.78 is 34.0. The molecule has 134 valence electrons. The van der Waals surface area contributed by atoms with Crippen molar-refractivity contribution < 1.29 is 13.2 Å². The Kier molecular flexibility index (Phi) is 6.25. The van der Waals surface area contributed by atoms with Gasteiger partial charge in [-0.3, -0.25) is 4.98 Å². The molecule has 5 nitrogen and oxygen atoms in total. The molecule has 0 spiro atoms. The molecular formula is C18H28N2O3S. The Hall–Kier alpha value is -0.980. The molecule has 0 bridgehead atoms. The molecule has 1 N–H and O–H groups in total. The van der Waals surface area contributed by atoms with Crippen LogP contribution in [0, 0.1) is 11.8 Å². The van der Waals surface area contributed by atoms with E-state index in [4.69, 9.17) is 4.74 Å². The summed E-state index contributed by atoms with van der Waals surface area (Å²) in [5, 5.41) is 0. The van der Waals surface area contributed by atoms with Gasteiger partial charge in [-0.2, -0.15) is 0 Å². The zero-order chi connectivity index (χ0) is 16.8. The number of rotatable bonds is 6. The third kappa shape index (κ3) is 5.01. The first kappa shape index (κ1) is 17.8. The van der Waals surface area contributed by atoms with Crippen molar-refractivity contribution in [1.29, 1.82) is 0 Å². The van der Waals surface area contributed by atoms with Crippen LogP contribution in [0.25, 0.3) is 0 Å². The lowest BCUT2D eigenvalue weighted by molar-refractivity contribution is 0.0564. The number of aromatic nitrogens is 1. The molecule has 1 atom stereocenters. The van der Waals surface area contributed by atoms with Gasteiger partial charge in [-0.25, -0.2) is 13.1 Å². The summed E-state index contributed by atoms with van der Waals surface area (Å²) in [5.74, 6) is 0.831. The third-order valence-electron chi connectivity index (χ3n) is 5.27. The molecule has 1 unspecified atom stereocenters. The van der Waals surface area contributed by atoms with Crippen LogP contribution in [-0.4, -0.2) is 32.4 Å². The lowest BCUT2D eigenvalue weighted by atomic mass is 9.88. The summed E-state index contributed by atoms with van der Waals surface area (Å²) in [6.45, 7) is 1.40. The Morgan fingerprint density at radius 3 is 2.58 bits per heavy atom. The molecule has 0 radical (unpaired) electrons. The van der Waals surface area contributed by atoms with Crippen LogP contribution in [0.4, 0.5) is 0 Å². The molecule has 24 heavy (non-hydrogen) atoms. The topological polar surface area (TPSA) is 68.3 Å². The number of hydrogen-bond donors (Lipinski definition) is 1. The van der Waals surface area contributed by atoms with E-state index in [0.29, 0.717) is 19.1 Å². The Morgan fingerprint density at radius 2 is 1.92 bits per heavy atom. The first-order valence-electron chi connectivity index (χ1n) is 9.12. The highest BCUT2D eigenvalue weighted by Gasteiger charge is 2.30. The van der Waals surface area contributed by atoms with E-state index in [1.165, 1.54) is 6.42 Å². The van der Waals surface area contributed by atoms with E-state index in [1.807, 2.05) is 12.1 Å². The summed E-state index contributed by atoms with van der Waals surface area (Å²) in [6, 6.07) is 3.64. The summed E-state index contributed by atoms with van der Waals surface area (Å²) in [5.41, 5.74) is 0.955. The molecule has 1 saturated heterocycles. The van der Waals surface area contributed by atoms with Gasteiger partial charge in [0.2, 0.25) is 10.0 Å². The van der Waals surface area contributed by atoms with Crippen molar-refractivity contribution >= 4 is 10.0 Å². The second-order valence-corrected chi connectivity index (χ2v) is 8.92. The average molecular weight is 353 g/mol. The van der Waals surface area contributed by atoms with Gasteiger partial charge in [0, 0.05) is 25.6 Å². The largest absolute Gasteiger partial charge is 0.381 e. The standard InChI is InChI=1S/C18H28N2O3S/c21-24(22,14-15-5-2-1-3-6-15)20-18(16-8-11-23-12-9-16)17-7-4-10-19-13-17/h4,7,10,13,15-16,18,20H,1-3,5-6,8-9,11-12,14H2. The van der Waals surface area contributed by atoms with Gasteiger partial charge in [-0.1, -0.05) is 25.3 Å². The van der Waals surface area contributed by atoms with Crippen LogP contribution in [-0.2, 0) is 14.8 Å². The Labute approximate surface area is 145 Å². The number of nitrogens with one attached hydrogen (secondary N) is 1. The number of nitrogens with zero attached hydrogens (tertiary/aromatic N) is 1. The van der Waals surface area contributed by atoms with E-state index in [0.717, 1.165) is 44.1 Å². The van der Waals surface area contributed by atoms with E-state index in [1.54, 1.807) is 12.4 Å². The van der Waals surface area contributed by atoms with Gasteiger partial charge < -0.3 is 4.74 Å². The van der Waals surface area contributed by atoms with Gasteiger partial charge in [-0.05, 0) is 49.1 Å². The van der Waals surface area contributed by atoms with Crippen molar-refractivity contribution in [2.24, 2.45) is 11.8 Å². The Bertz CT molecular complexity index is 594. The average Bonchev–Trinajstić information content (AvgIpc) is 2.62. The number of sulfonamides is 1. The first-order chi connectivity index (χ1) is 11.6. The van der Waals surface area contributed by atoms with Crippen LogP contribution >= 0.6 is 0 Å². The van der Waals surface area contributed by atoms with Crippen molar-refractivity contribution in [3.05, 3.63) is 30.1 Å². The van der Waals surface area contributed by atoms with Gasteiger partial charge in [0.15, 0.2) is 0 Å². The van der Waals surface area contributed by atoms with Gasteiger partial charge in [0.05, 0.1) is 11.8 Å². The van der Waals surface area contributed by atoms with Crippen LogP contribution in [0.5, 0.6) is 0 Å². The maximum Gasteiger partial charge on any atom is 0.212 e. The predicted molar refractivity (Wildman–Crippen MR) is 94.0 cm³/mol. The molecule has 1 aliphatic heterocycles. The molecule has 1 saturated carbocycles. The van der Waals surface area contributed by atoms with Crippen LogP contribution < -0.4 is 4.72 Å². The quantitative estimate of drug-likeness (QED) is 0.854. The van der Waals surface area contributed by atoms with Crippen molar-refractivity contribution in [2.75, 3.05) is 19.0 Å². The summed E-state index contributed by atoms with van der Waals surface area (Å²) in [7, 11) is -3.30. The van der Waals surface area contributed by atoms with E-state index < -0.39 is 10.0 Å². The van der Waals surface area contributed by atoms with Gasteiger partial charge in [0.25, 0.3) is 0 Å². The fourth-order valence-corrected chi connectivity index (χ4v) is 5.72. The maximum atomic E-state index is 12.8. The lowest BCUT2D eigenvalue weighted by Crippen LogP contribution is -2.38. The minimum atomic E-state index is -3.30. The zero-order valence-electron chi connectivity index (χ0n) is 14.2. The summed E-state index contributed by atoms with van der Waals surface area (Å²) in [6.07, 6.45) is 10.9. The van der Waals surface area contributed by atoms with Crippen LogP contribution in [0.2, 0.25) is 0 Å². The molecule has 2 heterocycles. The highest BCUT2D eigenvalue weighted by Crippen LogP contribution is 2.31. The fraction of sp³-hybridized carbons (Fsp3) is 0.722. The van der Waals surface area contributed by atoms with E-state index >= 15 is 0 Å². The van der Waals surface area contributed by atoms with Gasteiger partial charge in [0.1, 0.15) is 0 Å². The molecule has 1 aromatic rings. The van der Waals surface area contributed by atoms with Crippen molar-refractivity contribution in [1.82, 2.24) is 9.71 Å². The minimum absolute atomic E-state index is 0.198. The van der Waals surface area contributed by atoms with Crippen LogP contribution in [0.1, 0.15) is 56.6 Å². The molecule has 1 aliphatic carbocycles. The van der Waals surface area contributed by atoms with E-state index in [2.05, 4.69) is 9.71 Å². The number of hydrogen-bond acceptors (Lipinski definition) is 4.